The molecule has 2 atom stereocenters. The lowest BCUT2D eigenvalue weighted by molar-refractivity contribution is -0.137. The Hall–Kier alpha value is -3.27. The molecule has 2 aromatic carbocycles. The smallest absolute Gasteiger partial charge is 0.431 e. The minimum atomic E-state index is -4.62. The Bertz CT molecular complexity index is 1140. The molecule has 0 bridgehead atoms. The summed E-state index contributed by atoms with van der Waals surface area (Å²) < 4.78 is 46.4. The van der Waals surface area contributed by atoms with Crippen molar-refractivity contribution in [1.82, 2.24) is 0 Å². The highest BCUT2D eigenvalue weighted by Crippen LogP contribution is 2.37. The molecule has 2 N–H and O–H groups in total. The number of benzene rings is 2. The Balaban J connectivity index is 1.41. The molecule has 0 spiro atoms. The van der Waals surface area contributed by atoms with Crippen molar-refractivity contribution in [3.8, 4) is 5.75 Å². The van der Waals surface area contributed by atoms with Crippen LogP contribution in [0.15, 0.2) is 41.5 Å². The molecule has 1 saturated heterocycles. The molecule has 0 amide bonds. The lowest BCUT2D eigenvalue weighted by Crippen LogP contribution is -2.39. The van der Waals surface area contributed by atoms with Gasteiger partial charge in [-0.2, -0.15) is 18.3 Å². The van der Waals surface area contributed by atoms with Gasteiger partial charge in [-0.3, -0.25) is 9.80 Å². The normalized spacial score (nSPS) is 20.8. The second kappa shape index (κ2) is 10.6. The fraction of sp³-hybridized carbons (Fsp3) is 0.481. The van der Waals surface area contributed by atoms with Crippen molar-refractivity contribution >= 4 is 23.1 Å². The minimum Gasteiger partial charge on any atom is -0.490 e. The number of halogens is 3. The van der Waals surface area contributed by atoms with Crippen LogP contribution in [0.4, 0.5) is 24.5 Å². The van der Waals surface area contributed by atoms with Gasteiger partial charge in [0.05, 0.1) is 24.8 Å². The van der Waals surface area contributed by atoms with Gasteiger partial charge in [-0.25, -0.2) is 0 Å². The summed E-state index contributed by atoms with van der Waals surface area (Å²) >= 11 is 0. The lowest BCUT2D eigenvalue weighted by atomic mass is 9.94. The maximum Gasteiger partial charge on any atom is 0.431 e. The number of nitrogens with zero attached hydrogens (tertiary/aromatic N) is 3. The van der Waals surface area contributed by atoms with E-state index in [1.165, 1.54) is 12.6 Å². The summed E-state index contributed by atoms with van der Waals surface area (Å²) in [5.74, 6) is -1.64. The number of hydrogen-bond donors (Lipinski definition) is 2. The van der Waals surface area contributed by atoms with Crippen LogP contribution in [0.25, 0.3) is 0 Å². The average Bonchev–Trinajstić information content (AvgIpc) is 3.16. The van der Waals surface area contributed by atoms with E-state index in [2.05, 4.69) is 23.8 Å². The van der Waals surface area contributed by atoms with Crippen molar-refractivity contribution in [3.63, 3.8) is 0 Å². The van der Waals surface area contributed by atoms with Crippen molar-refractivity contribution in [3.05, 3.63) is 53.1 Å². The largest absolute Gasteiger partial charge is 0.490 e. The van der Waals surface area contributed by atoms with Crippen LogP contribution in [0.3, 0.4) is 0 Å². The fourth-order valence-electron chi connectivity index (χ4n) is 5.38. The Labute approximate surface area is 214 Å². The molecule has 2 heterocycles. The highest BCUT2D eigenvalue weighted by atomic mass is 19.4. The quantitative estimate of drug-likeness (QED) is 0.532. The third-order valence-electron chi connectivity index (χ3n) is 7.11. The summed E-state index contributed by atoms with van der Waals surface area (Å²) in [5.41, 5.74) is 3.77. The highest BCUT2D eigenvalue weighted by Gasteiger charge is 2.48. The van der Waals surface area contributed by atoms with Gasteiger partial charge in [0.25, 0.3) is 0 Å². The van der Waals surface area contributed by atoms with Gasteiger partial charge in [0.2, 0.25) is 0 Å². The molecule has 4 rings (SSSR count). The van der Waals surface area contributed by atoms with Gasteiger partial charge in [0.1, 0.15) is 17.6 Å². The first-order valence-electron chi connectivity index (χ1n) is 12.4. The van der Waals surface area contributed by atoms with Gasteiger partial charge in [-0.05, 0) is 54.8 Å². The third kappa shape index (κ3) is 5.84. The molecular formula is C27H32F3N3O4. The number of hydrazone groups is 1. The van der Waals surface area contributed by atoms with E-state index in [1.54, 1.807) is 24.3 Å². The molecule has 7 nitrogen and oxygen atoms in total. The number of carboxylic acid groups (broad SMARTS) is 1. The summed E-state index contributed by atoms with van der Waals surface area (Å²) in [6, 6.07) is 9.70. The number of ether oxygens (including phenoxy) is 1. The third-order valence-corrected chi connectivity index (χ3v) is 7.11. The summed E-state index contributed by atoms with van der Waals surface area (Å²) in [4.78, 5) is 13.6. The Kier molecular flexibility index (Phi) is 7.68. The maximum absolute atomic E-state index is 13.4. The average molecular weight is 520 g/mol. The number of aliphatic hydroxyl groups is 1. The van der Waals surface area contributed by atoms with Crippen LogP contribution < -0.4 is 14.6 Å². The highest BCUT2D eigenvalue weighted by molar-refractivity contribution is 5.96. The number of aryl methyl sites for hydroxylation is 2. The van der Waals surface area contributed by atoms with E-state index in [-0.39, 0.29) is 12.7 Å². The number of carboxylic acids is 1. The van der Waals surface area contributed by atoms with Gasteiger partial charge < -0.3 is 19.8 Å². The first-order chi connectivity index (χ1) is 17.5. The van der Waals surface area contributed by atoms with Gasteiger partial charge >= 0.3 is 12.1 Å². The monoisotopic (exact) mass is 519 g/mol. The summed E-state index contributed by atoms with van der Waals surface area (Å²) in [6.07, 6.45) is -3.46. The van der Waals surface area contributed by atoms with Crippen LogP contribution >= 0.6 is 0 Å². The van der Waals surface area contributed by atoms with Crippen molar-refractivity contribution in [2.24, 2.45) is 11.0 Å². The molecule has 10 heteroatoms. The van der Waals surface area contributed by atoms with E-state index in [1.807, 2.05) is 12.1 Å². The lowest BCUT2D eigenvalue weighted by Gasteiger charge is -2.35. The molecule has 0 aliphatic carbocycles. The Morgan fingerprint density at radius 2 is 1.70 bits per heavy atom. The molecule has 2 aliphatic rings. The second-order valence-corrected chi connectivity index (χ2v) is 9.82. The van der Waals surface area contributed by atoms with Gasteiger partial charge in [0.15, 0.2) is 0 Å². The van der Waals surface area contributed by atoms with Crippen LogP contribution in [0.2, 0.25) is 0 Å². The predicted octanol–water partition coefficient (Wildman–Crippen LogP) is 5.06. The van der Waals surface area contributed by atoms with E-state index in [9.17, 15) is 28.2 Å². The van der Waals surface area contributed by atoms with Crippen LogP contribution in [0, 0.1) is 19.8 Å². The molecule has 0 saturated carbocycles. The number of hydrogen-bond acceptors (Lipinski definition) is 6. The maximum atomic E-state index is 13.4. The number of aliphatic carboxylic acids is 1. The SMILES string of the molecule is Cc1cc(CO)cc(C)c1N1CCC(Oc2ccc(N3N=C(C(F)(F)F)[C@@H](C)[C@@H]3CC(=O)O)cc2)CC1. The van der Waals surface area contributed by atoms with Gasteiger partial charge in [-0.1, -0.05) is 19.1 Å². The van der Waals surface area contributed by atoms with Gasteiger partial charge in [-0.15, -0.1) is 0 Å². The number of piperidine rings is 1. The standard InChI is InChI=1S/C27H32F3N3O4/c1-16-12-19(15-34)13-17(2)25(16)32-10-8-22(9-11-32)37-21-6-4-20(5-7-21)33-23(14-24(35)36)18(3)26(31-33)27(28,29)30/h4-7,12-13,18,22-23,34H,8-11,14-15H2,1-3H3,(H,35,36)/t18-,23-/m0/s1. The van der Waals surface area contributed by atoms with Crippen LogP contribution in [-0.2, 0) is 11.4 Å². The molecule has 0 unspecified atom stereocenters. The number of rotatable bonds is 7. The molecule has 0 radical (unpaired) electrons. The van der Waals surface area contributed by atoms with Crippen molar-refractivity contribution in [1.29, 1.82) is 0 Å². The molecule has 0 aromatic heterocycles. The zero-order valence-corrected chi connectivity index (χ0v) is 21.1. The predicted molar refractivity (Wildman–Crippen MR) is 135 cm³/mol. The van der Waals surface area contributed by atoms with E-state index < -0.39 is 36.2 Å². The number of aliphatic hydroxyl groups excluding tert-OH is 1. The first kappa shape index (κ1) is 26.8. The summed E-state index contributed by atoms with van der Waals surface area (Å²) in [7, 11) is 0. The van der Waals surface area contributed by atoms with E-state index in [0.717, 1.165) is 47.6 Å². The van der Waals surface area contributed by atoms with Crippen molar-refractivity contribution in [2.75, 3.05) is 23.0 Å². The summed E-state index contributed by atoms with van der Waals surface area (Å²) in [5, 5.41) is 23.6. The van der Waals surface area contributed by atoms with Crippen LogP contribution in [0.5, 0.6) is 5.75 Å². The zero-order chi connectivity index (χ0) is 26.9. The first-order valence-corrected chi connectivity index (χ1v) is 12.4. The molecular weight excluding hydrogens is 487 g/mol. The number of carbonyl (C=O) groups is 1. The number of alkyl halides is 3. The molecule has 37 heavy (non-hydrogen) atoms. The minimum absolute atomic E-state index is 0.000785. The molecule has 2 aliphatic heterocycles. The molecule has 200 valence electrons. The molecule has 1 fully saturated rings. The Morgan fingerprint density at radius 3 is 2.22 bits per heavy atom. The van der Waals surface area contributed by atoms with E-state index >= 15 is 0 Å². The van der Waals surface area contributed by atoms with E-state index in [4.69, 9.17) is 4.74 Å². The van der Waals surface area contributed by atoms with E-state index in [0.29, 0.717) is 11.4 Å². The zero-order valence-electron chi connectivity index (χ0n) is 21.1. The van der Waals surface area contributed by atoms with Crippen molar-refractivity contribution in [2.45, 2.75) is 65.0 Å². The van der Waals surface area contributed by atoms with Crippen molar-refractivity contribution < 1.29 is 32.9 Å². The van der Waals surface area contributed by atoms with Gasteiger partial charge in [0, 0.05) is 37.5 Å². The topological polar surface area (TPSA) is 85.6 Å². The second-order valence-electron chi connectivity index (χ2n) is 9.82. The van der Waals surface area contributed by atoms with Crippen LogP contribution in [0.1, 0.15) is 42.9 Å². The fourth-order valence-corrected chi connectivity index (χ4v) is 5.38. The number of anilines is 2. The summed E-state index contributed by atoms with van der Waals surface area (Å²) in [6.45, 7) is 7.11. The Morgan fingerprint density at radius 1 is 1.11 bits per heavy atom. The molecule has 2 aromatic rings. The van der Waals surface area contributed by atoms with Crippen LogP contribution in [-0.4, -0.2) is 53.3 Å².